The fraction of sp³-hybridized carbons (Fsp3) is 0.500. The van der Waals surface area contributed by atoms with Gasteiger partial charge in [-0.3, -0.25) is 0 Å². The van der Waals surface area contributed by atoms with Crippen LogP contribution in [0.5, 0.6) is 0 Å². The fourth-order valence-corrected chi connectivity index (χ4v) is 2.17. The molecule has 0 spiro atoms. The van der Waals surface area contributed by atoms with Crippen LogP contribution in [0.1, 0.15) is 19.1 Å². The second-order valence-corrected chi connectivity index (χ2v) is 5.14. The summed E-state index contributed by atoms with van der Waals surface area (Å²) in [5, 5.41) is 0.259. The number of hydrogen-bond donors (Lipinski definition) is 1. The number of sulfonamides is 1. The number of rotatable bonds is 5. The van der Waals surface area contributed by atoms with Gasteiger partial charge in [-0.05, 0) is 30.2 Å². The molecule has 1 N–H and O–H groups in total. The molecule has 80 valence electrons. The van der Waals surface area contributed by atoms with Crippen molar-refractivity contribution in [3.05, 3.63) is 23.1 Å². The third kappa shape index (κ3) is 3.69. The van der Waals surface area contributed by atoms with Crippen LogP contribution in [0.15, 0.2) is 16.5 Å². The van der Waals surface area contributed by atoms with Crippen LogP contribution in [0.25, 0.3) is 0 Å². The molecule has 1 aromatic heterocycles. The van der Waals surface area contributed by atoms with Gasteiger partial charge in [-0.15, -0.1) is 0 Å². The zero-order chi connectivity index (χ0) is 10.6. The van der Waals surface area contributed by atoms with Crippen LogP contribution in [0.3, 0.4) is 0 Å². The third-order valence-electron chi connectivity index (χ3n) is 1.57. The van der Waals surface area contributed by atoms with E-state index in [4.69, 9.17) is 16.0 Å². The van der Waals surface area contributed by atoms with Crippen LogP contribution in [0, 0.1) is 0 Å². The Morgan fingerprint density at radius 2 is 2.21 bits per heavy atom. The number of nitrogens with one attached hydrogen (secondary N) is 1. The van der Waals surface area contributed by atoms with Crippen molar-refractivity contribution < 1.29 is 12.8 Å². The van der Waals surface area contributed by atoms with E-state index < -0.39 is 10.0 Å². The van der Waals surface area contributed by atoms with Crippen LogP contribution >= 0.6 is 11.6 Å². The smallest absolute Gasteiger partial charge is 0.211 e. The summed E-state index contributed by atoms with van der Waals surface area (Å²) >= 11 is 5.53. The molecule has 0 saturated heterocycles. The van der Waals surface area contributed by atoms with Gasteiger partial charge in [-0.2, -0.15) is 0 Å². The highest BCUT2D eigenvalue weighted by Gasteiger charge is 2.09. The molecule has 0 unspecified atom stereocenters. The lowest BCUT2D eigenvalue weighted by Crippen LogP contribution is -2.25. The van der Waals surface area contributed by atoms with Gasteiger partial charge in [0.2, 0.25) is 10.0 Å². The van der Waals surface area contributed by atoms with Crippen molar-refractivity contribution in [2.45, 2.75) is 19.9 Å². The Morgan fingerprint density at radius 3 is 2.71 bits per heavy atom. The van der Waals surface area contributed by atoms with Crippen LogP contribution < -0.4 is 4.72 Å². The van der Waals surface area contributed by atoms with E-state index in [1.807, 2.05) is 6.92 Å². The summed E-state index contributed by atoms with van der Waals surface area (Å²) < 4.78 is 29.9. The first kappa shape index (κ1) is 11.6. The lowest BCUT2D eigenvalue weighted by atomic mass is 10.5. The maximum absolute atomic E-state index is 11.2. The Balaban J connectivity index is 2.48. The predicted molar refractivity (Wildman–Crippen MR) is 54.6 cm³/mol. The van der Waals surface area contributed by atoms with Crippen molar-refractivity contribution in [3.63, 3.8) is 0 Å². The highest BCUT2D eigenvalue weighted by molar-refractivity contribution is 7.89. The van der Waals surface area contributed by atoms with Crippen molar-refractivity contribution >= 4 is 21.6 Å². The molecule has 1 rings (SSSR count). The number of furan rings is 1. The van der Waals surface area contributed by atoms with E-state index in [-0.39, 0.29) is 17.5 Å². The molecule has 0 bridgehead atoms. The van der Waals surface area contributed by atoms with Gasteiger partial charge in [-0.1, -0.05) is 6.92 Å². The Kier molecular flexibility index (Phi) is 3.97. The van der Waals surface area contributed by atoms with Crippen molar-refractivity contribution in [1.29, 1.82) is 0 Å². The van der Waals surface area contributed by atoms with Gasteiger partial charge in [0.15, 0.2) is 5.22 Å². The molecule has 0 saturated carbocycles. The van der Waals surface area contributed by atoms with E-state index in [0.717, 1.165) is 0 Å². The summed E-state index contributed by atoms with van der Waals surface area (Å²) in [5.74, 6) is 0.635. The van der Waals surface area contributed by atoms with E-state index in [1.54, 1.807) is 12.1 Å². The molecule has 0 radical (unpaired) electrons. The van der Waals surface area contributed by atoms with E-state index in [9.17, 15) is 8.42 Å². The molecule has 1 aromatic rings. The number of halogens is 1. The van der Waals surface area contributed by atoms with Crippen LogP contribution in [0.2, 0.25) is 5.22 Å². The van der Waals surface area contributed by atoms with E-state index in [1.165, 1.54) is 0 Å². The first-order valence-corrected chi connectivity index (χ1v) is 6.28. The van der Waals surface area contributed by atoms with Gasteiger partial charge in [0.05, 0.1) is 12.3 Å². The van der Waals surface area contributed by atoms with Crippen molar-refractivity contribution in [2.75, 3.05) is 5.75 Å². The minimum atomic E-state index is -3.17. The van der Waals surface area contributed by atoms with Gasteiger partial charge in [-0.25, -0.2) is 13.1 Å². The standard InChI is InChI=1S/C8H12ClNO3S/c1-2-5-14(11,12)10-6-7-3-4-8(9)13-7/h3-4,10H,2,5-6H2,1H3. The summed E-state index contributed by atoms with van der Waals surface area (Å²) in [6, 6.07) is 3.21. The largest absolute Gasteiger partial charge is 0.448 e. The lowest BCUT2D eigenvalue weighted by Gasteiger charge is -2.02. The summed E-state index contributed by atoms with van der Waals surface area (Å²) in [4.78, 5) is 0. The maximum atomic E-state index is 11.2. The Morgan fingerprint density at radius 1 is 1.50 bits per heavy atom. The van der Waals surface area contributed by atoms with Crippen molar-refractivity contribution in [2.24, 2.45) is 0 Å². The van der Waals surface area contributed by atoms with Crippen molar-refractivity contribution in [3.8, 4) is 0 Å². The first-order chi connectivity index (χ1) is 6.53. The van der Waals surface area contributed by atoms with Crippen LogP contribution in [-0.4, -0.2) is 14.2 Å². The second-order valence-electron chi connectivity index (χ2n) is 2.85. The SMILES string of the molecule is CCCS(=O)(=O)NCc1ccc(Cl)o1. The topological polar surface area (TPSA) is 59.3 Å². The summed E-state index contributed by atoms with van der Waals surface area (Å²) in [5.41, 5.74) is 0. The number of hydrogen-bond acceptors (Lipinski definition) is 3. The predicted octanol–water partition coefficient (Wildman–Crippen LogP) is 1.76. The highest BCUT2D eigenvalue weighted by Crippen LogP contribution is 2.12. The highest BCUT2D eigenvalue weighted by atomic mass is 35.5. The second kappa shape index (κ2) is 4.82. The van der Waals surface area contributed by atoms with E-state index >= 15 is 0 Å². The fourth-order valence-electron chi connectivity index (χ4n) is 0.969. The maximum Gasteiger partial charge on any atom is 0.211 e. The zero-order valence-electron chi connectivity index (χ0n) is 7.79. The molecule has 0 aliphatic rings. The van der Waals surface area contributed by atoms with Gasteiger partial charge >= 0.3 is 0 Å². The minimum absolute atomic E-state index is 0.126. The monoisotopic (exact) mass is 237 g/mol. The van der Waals surface area contributed by atoms with Crippen LogP contribution in [0.4, 0.5) is 0 Å². The Bertz CT molecular complexity index is 385. The Labute approximate surface area is 88.3 Å². The van der Waals surface area contributed by atoms with Gasteiger partial charge in [0, 0.05) is 0 Å². The molecule has 0 aliphatic carbocycles. The van der Waals surface area contributed by atoms with Gasteiger partial charge in [0.25, 0.3) is 0 Å². The van der Waals surface area contributed by atoms with E-state index in [0.29, 0.717) is 12.2 Å². The molecule has 1 heterocycles. The Hall–Kier alpha value is -0.520. The molecule has 0 aliphatic heterocycles. The average Bonchev–Trinajstić information content (AvgIpc) is 2.48. The van der Waals surface area contributed by atoms with Crippen molar-refractivity contribution in [1.82, 2.24) is 4.72 Å². The molecule has 0 atom stereocenters. The lowest BCUT2D eigenvalue weighted by molar-refractivity contribution is 0.500. The molecule has 14 heavy (non-hydrogen) atoms. The average molecular weight is 238 g/mol. The summed E-state index contributed by atoms with van der Waals surface area (Å²) in [6.45, 7) is 1.96. The first-order valence-electron chi connectivity index (χ1n) is 4.25. The summed E-state index contributed by atoms with van der Waals surface area (Å²) in [7, 11) is -3.17. The van der Waals surface area contributed by atoms with E-state index in [2.05, 4.69) is 4.72 Å². The molecule has 0 amide bonds. The molecule has 0 fully saturated rings. The van der Waals surface area contributed by atoms with Gasteiger partial charge in [0.1, 0.15) is 5.76 Å². The molecule has 6 heteroatoms. The normalized spacial score (nSPS) is 11.9. The quantitative estimate of drug-likeness (QED) is 0.849. The zero-order valence-corrected chi connectivity index (χ0v) is 9.36. The molecule has 0 aromatic carbocycles. The molecular formula is C8H12ClNO3S. The molecule has 4 nitrogen and oxygen atoms in total. The summed E-state index contributed by atoms with van der Waals surface area (Å²) in [6.07, 6.45) is 0.592. The van der Waals surface area contributed by atoms with Gasteiger partial charge < -0.3 is 4.42 Å². The molecular weight excluding hydrogens is 226 g/mol. The minimum Gasteiger partial charge on any atom is -0.448 e. The van der Waals surface area contributed by atoms with Crippen LogP contribution in [-0.2, 0) is 16.6 Å². The third-order valence-corrected chi connectivity index (χ3v) is 3.30.